The maximum absolute atomic E-state index is 11.9. The molecule has 0 heterocycles. The minimum absolute atomic E-state index is 0.0592. The lowest BCUT2D eigenvalue weighted by Crippen LogP contribution is -2.31. The molecule has 0 aliphatic rings. The lowest BCUT2D eigenvalue weighted by atomic mass is 9.98. The summed E-state index contributed by atoms with van der Waals surface area (Å²) >= 11 is 4.76. The zero-order valence-corrected chi connectivity index (χ0v) is 12.8. The summed E-state index contributed by atoms with van der Waals surface area (Å²) in [5, 5.41) is 4.31. The summed E-state index contributed by atoms with van der Waals surface area (Å²) in [7, 11) is 3.48. The fourth-order valence-corrected chi connectivity index (χ4v) is 1.84. The lowest BCUT2D eigenvalue weighted by Gasteiger charge is -2.17. The van der Waals surface area contributed by atoms with Gasteiger partial charge in [0.15, 0.2) is 5.11 Å². The van der Waals surface area contributed by atoms with Crippen molar-refractivity contribution < 1.29 is 4.79 Å². The lowest BCUT2D eigenvalue weighted by molar-refractivity contribution is -0.132. The molecule has 0 bridgehead atoms. The largest absolute Gasteiger partial charge is 0.375 e. The van der Waals surface area contributed by atoms with Gasteiger partial charge < -0.3 is 10.6 Å². The van der Waals surface area contributed by atoms with Crippen LogP contribution in [0.5, 0.6) is 0 Å². The van der Waals surface area contributed by atoms with Gasteiger partial charge in [-0.1, -0.05) is 37.3 Å². The van der Waals surface area contributed by atoms with Gasteiger partial charge in [-0.05, 0) is 17.8 Å². The number of nitrogens with two attached hydrogens (primary N) is 1. The molecule has 6 heteroatoms. The molecule has 1 atom stereocenters. The first kappa shape index (κ1) is 16.1. The van der Waals surface area contributed by atoms with E-state index in [0.29, 0.717) is 6.42 Å². The van der Waals surface area contributed by atoms with Crippen molar-refractivity contribution in [2.45, 2.75) is 13.3 Å². The highest BCUT2D eigenvalue weighted by atomic mass is 32.1. The molecular formula is C14H20N4OS. The SMILES string of the molecule is CC(CC(=NNC(N)=S)c1ccccc1)C(=O)N(C)C. The van der Waals surface area contributed by atoms with E-state index in [4.69, 9.17) is 18.0 Å². The van der Waals surface area contributed by atoms with Crippen LogP contribution in [-0.4, -0.2) is 35.7 Å². The van der Waals surface area contributed by atoms with Crippen molar-refractivity contribution in [2.24, 2.45) is 16.8 Å². The normalized spacial score (nSPS) is 12.7. The third-order valence-corrected chi connectivity index (χ3v) is 2.86. The maximum atomic E-state index is 11.9. The van der Waals surface area contributed by atoms with E-state index >= 15 is 0 Å². The van der Waals surface area contributed by atoms with E-state index in [1.54, 1.807) is 19.0 Å². The van der Waals surface area contributed by atoms with Crippen molar-refractivity contribution in [3.05, 3.63) is 35.9 Å². The second kappa shape index (κ2) is 7.59. The Bertz CT molecular complexity index is 499. The standard InChI is InChI=1S/C14H20N4OS/c1-10(13(19)18(2)3)9-12(16-17-14(15)20)11-7-5-4-6-8-11/h4-8,10H,9H2,1-3H3,(H3,15,17,20). The van der Waals surface area contributed by atoms with E-state index in [9.17, 15) is 4.79 Å². The molecular weight excluding hydrogens is 272 g/mol. The number of benzene rings is 1. The average Bonchev–Trinajstić information content (AvgIpc) is 2.42. The minimum Gasteiger partial charge on any atom is -0.375 e. The summed E-state index contributed by atoms with van der Waals surface area (Å²) in [4.78, 5) is 13.5. The molecule has 1 rings (SSSR count). The first-order valence-corrected chi connectivity index (χ1v) is 6.71. The van der Waals surface area contributed by atoms with Gasteiger partial charge >= 0.3 is 0 Å². The third-order valence-electron chi connectivity index (χ3n) is 2.77. The van der Waals surface area contributed by atoms with E-state index in [1.165, 1.54) is 0 Å². The van der Waals surface area contributed by atoms with Crippen molar-refractivity contribution >= 4 is 28.9 Å². The topological polar surface area (TPSA) is 70.7 Å². The van der Waals surface area contributed by atoms with Gasteiger partial charge in [0, 0.05) is 26.4 Å². The highest BCUT2D eigenvalue weighted by molar-refractivity contribution is 7.80. The number of carbonyl (C=O) groups excluding carboxylic acids is 1. The van der Waals surface area contributed by atoms with Crippen molar-refractivity contribution in [1.82, 2.24) is 10.3 Å². The van der Waals surface area contributed by atoms with E-state index < -0.39 is 0 Å². The number of nitrogens with zero attached hydrogens (tertiary/aromatic N) is 2. The van der Waals surface area contributed by atoms with Gasteiger partial charge in [-0.3, -0.25) is 10.2 Å². The highest BCUT2D eigenvalue weighted by Crippen LogP contribution is 2.12. The Morgan fingerprint density at radius 1 is 1.40 bits per heavy atom. The summed E-state index contributed by atoms with van der Waals surface area (Å²) in [5.74, 6) is -0.110. The number of hydrogen-bond acceptors (Lipinski definition) is 3. The Balaban J connectivity index is 2.92. The summed E-state index contributed by atoms with van der Waals surface area (Å²) in [6, 6.07) is 9.64. The average molecular weight is 292 g/mol. The van der Waals surface area contributed by atoms with Gasteiger partial charge in [0.2, 0.25) is 5.91 Å². The predicted octanol–water partition coefficient (Wildman–Crippen LogP) is 1.34. The van der Waals surface area contributed by atoms with Gasteiger partial charge in [-0.2, -0.15) is 5.10 Å². The van der Waals surface area contributed by atoms with Gasteiger partial charge in [0.05, 0.1) is 5.71 Å². The Kier molecular flexibility index (Phi) is 6.11. The highest BCUT2D eigenvalue weighted by Gasteiger charge is 2.18. The summed E-state index contributed by atoms with van der Waals surface area (Å²) in [6.07, 6.45) is 0.511. The molecule has 0 radical (unpaired) electrons. The van der Waals surface area contributed by atoms with Crippen LogP contribution < -0.4 is 11.2 Å². The van der Waals surface area contributed by atoms with E-state index in [1.807, 2.05) is 37.3 Å². The first-order valence-electron chi connectivity index (χ1n) is 6.30. The Morgan fingerprint density at radius 3 is 2.50 bits per heavy atom. The molecule has 0 saturated carbocycles. The van der Waals surface area contributed by atoms with Crippen molar-refractivity contribution in [3.8, 4) is 0 Å². The van der Waals surface area contributed by atoms with Crippen LogP contribution in [0.1, 0.15) is 18.9 Å². The van der Waals surface area contributed by atoms with Gasteiger partial charge in [-0.15, -0.1) is 0 Å². The molecule has 1 aromatic rings. The number of rotatable bonds is 5. The molecule has 108 valence electrons. The monoisotopic (exact) mass is 292 g/mol. The number of carbonyl (C=O) groups is 1. The van der Waals surface area contributed by atoms with E-state index in [0.717, 1.165) is 11.3 Å². The van der Waals surface area contributed by atoms with Crippen molar-refractivity contribution in [3.63, 3.8) is 0 Å². The molecule has 1 unspecified atom stereocenters. The number of amides is 1. The van der Waals surface area contributed by atoms with Crippen LogP contribution >= 0.6 is 12.2 Å². The smallest absolute Gasteiger partial charge is 0.225 e. The fourth-order valence-electron chi connectivity index (χ4n) is 1.80. The Labute approximate surface area is 124 Å². The molecule has 0 aliphatic carbocycles. The first-order chi connectivity index (χ1) is 9.41. The minimum atomic E-state index is -0.169. The molecule has 20 heavy (non-hydrogen) atoms. The Hall–Kier alpha value is -1.95. The van der Waals surface area contributed by atoms with Gasteiger partial charge in [0.1, 0.15) is 0 Å². The fraction of sp³-hybridized carbons (Fsp3) is 0.357. The number of hydrazone groups is 1. The molecule has 1 aromatic carbocycles. The maximum Gasteiger partial charge on any atom is 0.225 e. The molecule has 3 N–H and O–H groups in total. The molecule has 0 aromatic heterocycles. The second-order valence-electron chi connectivity index (χ2n) is 4.74. The van der Waals surface area contributed by atoms with Crippen LogP contribution in [-0.2, 0) is 4.79 Å². The summed E-state index contributed by atoms with van der Waals surface area (Å²) in [5.41, 5.74) is 9.68. The van der Waals surface area contributed by atoms with Crippen LogP contribution in [0, 0.1) is 5.92 Å². The number of nitrogens with one attached hydrogen (secondary N) is 1. The molecule has 0 saturated heterocycles. The van der Waals surface area contributed by atoms with Gasteiger partial charge in [0.25, 0.3) is 0 Å². The molecule has 0 fully saturated rings. The van der Waals surface area contributed by atoms with E-state index in [2.05, 4.69) is 10.5 Å². The van der Waals surface area contributed by atoms with E-state index in [-0.39, 0.29) is 16.9 Å². The zero-order chi connectivity index (χ0) is 15.1. The van der Waals surface area contributed by atoms with Crippen LogP contribution in [0.4, 0.5) is 0 Å². The number of hydrogen-bond donors (Lipinski definition) is 2. The van der Waals surface area contributed by atoms with Crippen LogP contribution in [0.15, 0.2) is 35.4 Å². The van der Waals surface area contributed by atoms with Crippen molar-refractivity contribution in [1.29, 1.82) is 0 Å². The van der Waals surface area contributed by atoms with Crippen LogP contribution in [0.25, 0.3) is 0 Å². The summed E-state index contributed by atoms with van der Waals surface area (Å²) < 4.78 is 0. The zero-order valence-electron chi connectivity index (χ0n) is 12.0. The predicted molar refractivity (Wildman–Crippen MR) is 85.4 cm³/mol. The number of thiocarbonyl (C=S) groups is 1. The van der Waals surface area contributed by atoms with Gasteiger partial charge in [-0.25, -0.2) is 0 Å². The molecule has 5 nitrogen and oxygen atoms in total. The van der Waals surface area contributed by atoms with Crippen LogP contribution in [0.3, 0.4) is 0 Å². The third kappa shape index (κ3) is 4.97. The quantitative estimate of drug-likeness (QED) is 0.488. The summed E-state index contributed by atoms with van der Waals surface area (Å²) in [6.45, 7) is 1.88. The molecule has 0 aliphatic heterocycles. The Morgan fingerprint density at radius 2 is 2.00 bits per heavy atom. The van der Waals surface area contributed by atoms with Crippen LogP contribution in [0.2, 0.25) is 0 Å². The molecule has 1 amide bonds. The second-order valence-corrected chi connectivity index (χ2v) is 5.18. The molecule has 0 spiro atoms. The van der Waals surface area contributed by atoms with Crippen molar-refractivity contribution in [2.75, 3.05) is 14.1 Å².